The van der Waals surface area contributed by atoms with Crippen molar-refractivity contribution in [1.29, 1.82) is 0 Å². The number of H-pyrrole nitrogens is 1. The highest BCUT2D eigenvalue weighted by Crippen LogP contribution is 2.09. The van der Waals surface area contributed by atoms with Gasteiger partial charge in [0.2, 0.25) is 5.71 Å². The number of hydrogen-bond acceptors (Lipinski definition) is 8. The summed E-state index contributed by atoms with van der Waals surface area (Å²) in [6, 6.07) is 0. The number of nitrogens with one attached hydrogen (secondary N) is 1. The van der Waals surface area contributed by atoms with E-state index in [9.17, 15) is 9.59 Å². The van der Waals surface area contributed by atoms with Crippen LogP contribution in [0.2, 0.25) is 0 Å². The van der Waals surface area contributed by atoms with Gasteiger partial charge in [0, 0.05) is 0 Å². The van der Waals surface area contributed by atoms with E-state index in [1.807, 2.05) is 0 Å². The van der Waals surface area contributed by atoms with Crippen LogP contribution in [0.1, 0.15) is 26.5 Å². The van der Waals surface area contributed by atoms with Gasteiger partial charge in [-0.15, -0.1) is 0 Å². The van der Waals surface area contributed by atoms with Crippen LogP contribution in [0, 0.1) is 0 Å². The summed E-state index contributed by atoms with van der Waals surface area (Å²) in [6.07, 6.45) is 0.204. The first-order valence-corrected chi connectivity index (χ1v) is 5.60. The molecule has 9 nitrogen and oxygen atoms in total. The van der Waals surface area contributed by atoms with Crippen LogP contribution in [0.5, 0.6) is 0 Å². The van der Waals surface area contributed by atoms with Crippen LogP contribution in [-0.4, -0.2) is 40.5 Å². The van der Waals surface area contributed by atoms with Crippen molar-refractivity contribution in [2.45, 2.75) is 26.4 Å². The van der Waals surface area contributed by atoms with Crippen molar-refractivity contribution < 1.29 is 23.9 Å². The van der Waals surface area contributed by atoms with Gasteiger partial charge in [-0.3, -0.25) is 4.84 Å². The molecule has 0 aliphatic heterocycles. The van der Waals surface area contributed by atoms with Crippen molar-refractivity contribution in [3.8, 4) is 0 Å². The van der Waals surface area contributed by atoms with E-state index >= 15 is 0 Å². The molecule has 1 aromatic rings. The fourth-order valence-corrected chi connectivity index (χ4v) is 1.10. The largest absolute Gasteiger partial charge is 0.535 e. The van der Waals surface area contributed by atoms with Gasteiger partial charge in [0.15, 0.2) is 5.95 Å². The number of esters is 1. The maximum absolute atomic E-state index is 11.5. The van der Waals surface area contributed by atoms with Crippen LogP contribution in [0.3, 0.4) is 0 Å². The minimum Gasteiger partial charge on any atom is -0.464 e. The van der Waals surface area contributed by atoms with Gasteiger partial charge < -0.3 is 20.2 Å². The van der Waals surface area contributed by atoms with Crippen molar-refractivity contribution in [3.05, 3.63) is 11.9 Å². The van der Waals surface area contributed by atoms with Gasteiger partial charge in [-0.05, 0) is 20.8 Å². The Morgan fingerprint density at radius 3 is 2.50 bits per heavy atom. The highest BCUT2D eigenvalue weighted by atomic mass is 16.8. The van der Waals surface area contributed by atoms with Crippen LogP contribution < -0.4 is 5.73 Å². The quantitative estimate of drug-likeness (QED) is 0.364. The Hall–Kier alpha value is -2.58. The summed E-state index contributed by atoms with van der Waals surface area (Å²) in [6.45, 7) is 4.98. The Labute approximate surface area is 115 Å². The number of carbonyl (C=O) groups excluding carboxylic acids is 2. The van der Waals surface area contributed by atoms with Crippen LogP contribution >= 0.6 is 0 Å². The van der Waals surface area contributed by atoms with Crippen molar-refractivity contribution in [1.82, 2.24) is 9.97 Å². The zero-order valence-corrected chi connectivity index (χ0v) is 11.6. The van der Waals surface area contributed by atoms with E-state index in [0.717, 1.165) is 7.11 Å². The van der Waals surface area contributed by atoms with Crippen LogP contribution in [-0.2, 0) is 19.1 Å². The zero-order chi connectivity index (χ0) is 15.3. The number of rotatable bonds is 3. The third kappa shape index (κ3) is 4.59. The number of hydrogen-bond donors (Lipinski definition) is 2. The molecule has 0 aromatic carbocycles. The minimum absolute atomic E-state index is 0.0777. The Kier molecular flexibility index (Phi) is 4.68. The molecule has 0 saturated heterocycles. The molecule has 0 bridgehead atoms. The lowest BCUT2D eigenvalue weighted by Crippen LogP contribution is -2.24. The monoisotopic (exact) mass is 284 g/mol. The summed E-state index contributed by atoms with van der Waals surface area (Å²) in [4.78, 5) is 33.7. The summed E-state index contributed by atoms with van der Waals surface area (Å²) in [5.41, 5.74) is 4.51. The van der Waals surface area contributed by atoms with Gasteiger partial charge in [0.25, 0.3) is 0 Å². The summed E-state index contributed by atoms with van der Waals surface area (Å²) in [5.74, 6) is -0.744. The van der Waals surface area contributed by atoms with E-state index in [1.165, 1.54) is 6.20 Å². The molecule has 0 aliphatic carbocycles. The van der Waals surface area contributed by atoms with Gasteiger partial charge in [-0.2, -0.15) is 0 Å². The second-order valence-corrected chi connectivity index (χ2v) is 4.67. The molecule has 20 heavy (non-hydrogen) atoms. The van der Waals surface area contributed by atoms with Crippen molar-refractivity contribution >= 4 is 23.8 Å². The second kappa shape index (κ2) is 6.04. The predicted octanol–water partition coefficient (Wildman–Crippen LogP) is 0.821. The van der Waals surface area contributed by atoms with Crippen LogP contribution in [0.15, 0.2) is 11.4 Å². The third-order valence-electron chi connectivity index (χ3n) is 1.83. The fraction of sp³-hybridized carbons (Fsp3) is 0.455. The highest BCUT2D eigenvalue weighted by Gasteiger charge is 2.21. The first-order chi connectivity index (χ1) is 9.23. The lowest BCUT2D eigenvalue weighted by Gasteiger charge is -2.17. The minimum atomic E-state index is -1.05. The molecule has 1 aromatic heterocycles. The number of nitrogen functional groups attached to an aromatic ring is 1. The number of ether oxygens (including phenoxy) is 2. The topological polar surface area (TPSA) is 129 Å². The van der Waals surface area contributed by atoms with E-state index in [-0.39, 0.29) is 17.4 Å². The van der Waals surface area contributed by atoms with Crippen LogP contribution in [0.25, 0.3) is 0 Å². The first kappa shape index (κ1) is 15.5. The van der Waals surface area contributed by atoms with Gasteiger partial charge in [-0.25, -0.2) is 14.6 Å². The van der Waals surface area contributed by atoms with Crippen molar-refractivity contribution in [3.63, 3.8) is 0 Å². The average Bonchev–Trinajstić information content (AvgIpc) is 2.73. The zero-order valence-electron chi connectivity index (χ0n) is 11.6. The molecule has 1 heterocycles. The molecule has 9 heteroatoms. The number of anilines is 1. The van der Waals surface area contributed by atoms with E-state index < -0.39 is 17.7 Å². The van der Waals surface area contributed by atoms with Gasteiger partial charge in [-0.1, -0.05) is 5.16 Å². The lowest BCUT2D eigenvalue weighted by atomic mass is 10.2. The molecular weight excluding hydrogens is 268 g/mol. The van der Waals surface area contributed by atoms with E-state index in [4.69, 9.17) is 10.5 Å². The highest BCUT2D eigenvalue weighted by molar-refractivity contribution is 6.42. The van der Waals surface area contributed by atoms with Gasteiger partial charge >= 0.3 is 12.1 Å². The molecule has 0 atom stereocenters. The fourth-order valence-electron chi connectivity index (χ4n) is 1.10. The number of methoxy groups -OCH3 is 1. The first-order valence-electron chi connectivity index (χ1n) is 5.60. The Morgan fingerprint density at radius 2 is 2.05 bits per heavy atom. The maximum Gasteiger partial charge on any atom is 0.535 e. The van der Waals surface area contributed by atoms with Crippen LogP contribution in [0.4, 0.5) is 10.7 Å². The Bertz CT molecular complexity index is 529. The number of carbonyl (C=O) groups is 2. The molecule has 0 aliphatic rings. The lowest BCUT2D eigenvalue weighted by molar-refractivity contribution is -0.132. The predicted molar refractivity (Wildman–Crippen MR) is 68.9 cm³/mol. The Balaban J connectivity index is 2.87. The molecular formula is C11H16N4O5. The normalized spacial score (nSPS) is 11.9. The number of aromatic amines is 1. The van der Waals surface area contributed by atoms with E-state index in [1.54, 1.807) is 20.8 Å². The number of nitrogens with zero attached hydrogens (tertiary/aromatic N) is 2. The molecule has 0 unspecified atom stereocenters. The number of nitrogens with two attached hydrogens (primary N) is 1. The van der Waals surface area contributed by atoms with Crippen molar-refractivity contribution in [2.24, 2.45) is 5.16 Å². The molecule has 3 N–H and O–H groups in total. The van der Waals surface area contributed by atoms with Gasteiger partial charge in [0.1, 0.15) is 5.60 Å². The second-order valence-electron chi connectivity index (χ2n) is 4.67. The molecule has 0 radical (unpaired) electrons. The molecule has 1 rings (SSSR count). The number of oxime groups is 1. The third-order valence-corrected chi connectivity index (χ3v) is 1.83. The molecule has 0 spiro atoms. The number of imidazole rings is 1. The summed E-state index contributed by atoms with van der Waals surface area (Å²) in [7, 11) is 1.16. The molecule has 110 valence electrons. The molecule has 0 saturated carbocycles. The van der Waals surface area contributed by atoms with E-state index in [2.05, 4.69) is 24.7 Å². The molecule has 0 fully saturated rings. The summed E-state index contributed by atoms with van der Waals surface area (Å²) >= 11 is 0. The van der Waals surface area contributed by atoms with Gasteiger partial charge in [0.05, 0.1) is 19.0 Å². The summed E-state index contributed by atoms with van der Waals surface area (Å²) in [5, 5.41) is 3.40. The standard InChI is InChI=1S/C11H16N4O5/c1-11(2,3)19-10(17)20-15-7(8(16)18-4)6-5-13-9(12)14-6/h5H,1-4H3,(H3,12,13,14). The number of aromatic nitrogens is 2. The van der Waals surface area contributed by atoms with Crippen molar-refractivity contribution in [2.75, 3.05) is 12.8 Å². The Morgan fingerprint density at radius 1 is 1.40 bits per heavy atom. The smallest absolute Gasteiger partial charge is 0.464 e. The summed E-state index contributed by atoms with van der Waals surface area (Å²) < 4.78 is 9.39. The SMILES string of the molecule is COC(=O)C(=NOC(=O)OC(C)(C)C)c1cnc(N)[nH]1. The molecule has 0 amide bonds. The average molecular weight is 284 g/mol. The van der Waals surface area contributed by atoms with E-state index in [0.29, 0.717) is 0 Å². The maximum atomic E-state index is 11.5.